The van der Waals surface area contributed by atoms with E-state index in [1.54, 1.807) is 41.0 Å². The van der Waals surface area contributed by atoms with Crippen LogP contribution < -0.4 is 0 Å². The first-order valence-electron chi connectivity index (χ1n) is 7.20. The lowest BCUT2D eigenvalue weighted by Crippen LogP contribution is -2.31. The molecule has 4 nitrogen and oxygen atoms in total. The fourth-order valence-electron chi connectivity index (χ4n) is 2.87. The van der Waals surface area contributed by atoms with Crippen molar-refractivity contribution in [2.75, 3.05) is 6.54 Å². The summed E-state index contributed by atoms with van der Waals surface area (Å²) in [5.74, 6) is 0.00571. The summed E-state index contributed by atoms with van der Waals surface area (Å²) < 4.78 is 27.1. The lowest BCUT2D eigenvalue weighted by Gasteiger charge is -2.24. The van der Waals surface area contributed by atoms with Crippen molar-refractivity contribution in [3.05, 3.63) is 64.9 Å². The van der Waals surface area contributed by atoms with E-state index in [0.717, 1.165) is 24.0 Å². The molecule has 1 aliphatic heterocycles. The Balaban J connectivity index is 1.83. The second-order valence-corrected chi connectivity index (χ2v) is 7.79. The number of hydrogen-bond acceptors (Lipinski definition) is 3. The third-order valence-corrected chi connectivity index (χ3v) is 6.02. The van der Waals surface area contributed by atoms with Crippen LogP contribution in [0.3, 0.4) is 0 Å². The van der Waals surface area contributed by atoms with Crippen molar-refractivity contribution in [3.63, 3.8) is 0 Å². The van der Waals surface area contributed by atoms with E-state index in [9.17, 15) is 8.42 Å². The quantitative estimate of drug-likeness (QED) is 0.859. The molecule has 2 aromatic rings. The van der Waals surface area contributed by atoms with Crippen LogP contribution in [-0.2, 0) is 15.8 Å². The topological polar surface area (TPSA) is 50.3 Å². The van der Waals surface area contributed by atoms with Crippen LogP contribution in [0.25, 0.3) is 0 Å². The third-order valence-electron chi connectivity index (χ3n) is 3.91. The van der Waals surface area contributed by atoms with Gasteiger partial charge in [0.2, 0.25) is 10.0 Å². The van der Waals surface area contributed by atoms with Gasteiger partial charge < -0.3 is 0 Å². The summed E-state index contributed by atoms with van der Waals surface area (Å²) in [4.78, 5) is 4.00. The molecule has 0 spiro atoms. The maximum absolute atomic E-state index is 12.7. The highest BCUT2D eigenvalue weighted by atomic mass is 35.5. The normalized spacial score (nSPS) is 19.4. The van der Waals surface area contributed by atoms with E-state index in [2.05, 4.69) is 4.98 Å². The van der Waals surface area contributed by atoms with Crippen LogP contribution in [0, 0.1) is 0 Å². The van der Waals surface area contributed by atoms with Gasteiger partial charge in [-0.15, -0.1) is 0 Å². The average Bonchev–Trinajstić information content (AvgIpc) is 3.01. The van der Waals surface area contributed by atoms with E-state index in [1.807, 2.05) is 12.1 Å². The number of sulfonamides is 1. The monoisotopic (exact) mass is 336 g/mol. The molecular formula is C16H17ClN2O2S. The Labute approximate surface area is 135 Å². The summed E-state index contributed by atoms with van der Waals surface area (Å²) in [7, 11) is -3.35. The molecule has 1 saturated heterocycles. The molecule has 1 aliphatic rings. The van der Waals surface area contributed by atoms with E-state index in [1.165, 1.54) is 0 Å². The first-order valence-corrected chi connectivity index (χ1v) is 9.19. The van der Waals surface area contributed by atoms with Crippen LogP contribution in [0.2, 0.25) is 5.02 Å². The standard InChI is InChI=1S/C16H17ClN2O2S/c17-15-5-3-13(4-6-15)12-22(20,21)19-11-1-2-16(19)14-7-9-18-10-8-14/h3-10,16H,1-2,11-12H2. The molecule has 116 valence electrons. The molecule has 1 aromatic carbocycles. The molecule has 0 saturated carbocycles. The van der Waals surface area contributed by atoms with Crippen LogP contribution in [-0.4, -0.2) is 24.3 Å². The molecule has 0 aliphatic carbocycles. The molecule has 0 bridgehead atoms. The minimum Gasteiger partial charge on any atom is -0.265 e. The van der Waals surface area contributed by atoms with Gasteiger partial charge in [-0.25, -0.2) is 8.42 Å². The van der Waals surface area contributed by atoms with Crippen LogP contribution in [0.1, 0.15) is 30.0 Å². The molecule has 1 fully saturated rings. The lowest BCUT2D eigenvalue weighted by molar-refractivity contribution is 0.396. The Kier molecular flexibility index (Phi) is 4.47. The van der Waals surface area contributed by atoms with Crippen molar-refractivity contribution in [2.24, 2.45) is 0 Å². The summed E-state index contributed by atoms with van der Waals surface area (Å²) in [6, 6.07) is 10.7. The van der Waals surface area contributed by atoms with E-state index in [-0.39, 0.29) is 11.8 Å². The predicted octanol–water partition coefficient (Wildman–Crippen LogP) is 3.40. The SMILES string of the molecule is O=S(=O)(Cc1ccc(Cl)cc1)N1CCCC1c1ccncc1. The van der Waals surface area contributed by atoms with Crippen molar-refractivity contribution in [1.82, 2.24) is 9.29 Å². The zero-order valence-electron chi connectivity index (χ0n) is 12.0. The van der Waals surface area contributed by atoms with Crippen molar-refractivity contribution in [2.45, 2.75) is 24.6 Å². The summed E-state index contributed by atoms with van der Waals surface area (Å²) >= 11 is 5.85. The number of hydrogen-bond donors (Lipinski definition) is 0. The van der Waals surface area contributed by atoms with Gasteiger partial charge in [0.05, 0.1) is 5.75 Å². The van der Waals surface area contributed by atoms with Gasteiger partial charge in [0, 0.05) is 30.0 Å². The van der Waals surface area contributed by atoms with Crippen LogP contribution >= 0.6 is 11.6 Å². The fourth-order valence-corrected chi connectivity index (χ4v) is 4.79. The zero-order valence-corrected chi connectivity index (χ0v) is 13.6. The Morgan fingerprint density at radius 3 is 2.50 bits per heavy atom. The van der Waals surface area contributed by atoms with Crippen molar-refractivity contribution >= 4 is 21.6 Å². The number of benzene rings is 1. The summed E-state index contributed by atoms with van der Waals surface area (Å²) in [5.41, 5.74) is 1.76. The fraction of sp³-hybridized carbons (Fsp3) is 0.312. The maximum atomic E-state index is 12.7. The molecule has 6 heteroatoms. The Morgan fingerprint density at radius 2 is 1.82 bits per heavy atom. The van der Waals surface area contributed by atoms with Crippen molar-refractivity contribution < 1.29 is 8.42 Å². The highest BCUT2D eigenvalue weighted by molar-refractivity contribution is 7.88. The molecule has 22 heavy (non-hydrogen) atoms. The smallest absolute Gasteiger partial charge is 0.218 e. The largest absolute Gasteiger partial charge is 0.265 e. The zero-order chi connectivity index (χ0) is 15.6. The number of halogens is 1. The summed E-state index contributed by atoms with van der Waals surface area (Å²) in [6.45, 7) is 0.572. The number of nitrogens with zero attached hydrogens (tertiary/aromatic N) is 2. The van der Waals surface area contributed by atoms with Crippen molar-refractivity contribution in [3.8, 4) is 0 Å². The molecule has 1 atom stereocenters. The van der Waals surface area contributed by atoms with Gasteiger partial charge in [0.25, 0.3) is 0 Å². The molecular weight excluding hydrogens is 320 g/mol. The summed E-state index contributed by atoms with van der Waals surface area (Å²) in [6.07, 6.45) is 5.14. The Bertz CT molecular complexity index is 733. The minimum atomic E-state index is -3.35. The van der Waals surface area contributed by atoms with E-state index in [4.69, 9.17) is 11.6 Å². The van der Waals surface area contributed by atoms with Crippen LogP contribution in [0.4, 0.5) is 0 Å². The van der Waals surface area contributed by atoms with Crippen LogP contribution in [0.15, 0.2) is 48.8 Å². The second kappa shape index (κ2) is 6.36. The molecule has 0 N–H and O–H groups in total. The van der Waals surface area contributed by atoms with Crippen LogP contribution in [0.5, 0.6) is 0 Å². The van der Waals surface area contributed by atoms with E-state index in [0.29, 0.717) is 11.6 Å². The molecule has 0 amide bonds. The highest BCUT2D eigenvalue weighted by Gasteiger charge is 2.34. The van der Waals surface area contributed by atoms with Gasteiger partial charge in [0.1, 0.15) is 0 Å². The molecule has 1 unspecified atom stereocenters. The summed E-state index contributed by atoms with van der Waals surface area (Å²) in [5, 5.41) is 0.608. The second-order valence-electron chi connectivity index (χ2n) is 5.43. The Hall–Kier alpha value is -1.43. The lowest BCUT2D eigenvalue weighted by atomic mass is 10.1. The van der Waals surface area contributed by atoms with Gasteiger partial charge in [-0.3, -0.25) is 4.98 Å². The van der Waals surface area contributed by atoms with Crippen molar-refractivity contribution in [1.29, 1.82) is 0 Å². The first kappa shape index (κ1) is 15.5. The van der Waals surface area contributed by atoms with E-state index < -0.39 is 10.0 Å². The van der Waals surface area contributed by atoms with Gasteiger partial charge in [0.15, 0.2) is 0 Å². The molecule has 2 heterocycles. The maximum Gasteiger partial charge on any atom is 0.218 e. The average molecular weight is 337 g/mol. The number of pyridine rings is 1. The van der Waals surface area contributed by atoms with Gasteiger partial charge in [-0.1, -0.05) is 23.7 Å². The van der Waals surface area contributed by atoms with Gasteiger partial charge in [-0.05, 0) is 48.2 Å². The minimum absolute atomic E-state index is 0.00571. The van der Waals surface area contributed by atoms with Gasteiger partial charge >= 0.3 is 0 Å². The van der Waals surface area contributed by atoms with Gasteiger partial charge in [-0.2, -0.15) is 4.31 Å². The highest BCUT2D eigenvalue weighted by Crippen LogP contribution is 2.34. The molecule has 1 aromatic heterocycles. The van der Waals surface area contributed by atoms with E-state index >= 15 is 0 Å². The Morgan fingerprint density at radius 1 is 1.14 bits per heavy atom. The first-order chi connectivity index (χ1) is 10.6. The number of rotatable bonds is 4. The number of aromatic nitrogens is 1. The molecule has 3 rings (SSSR count). The molecule has 0 radical (unpaired) electrons. The predicted molar refractivity (Wildman–Crippen MR) is 87.0 cm³/mol. The third kappa shape index (κ3) is 3.32.